The molecule has 280 valence electrons. The Kier molecular flexibility index (Phi) is 12.8. The number of fused-ring (bicyclic) bond motifs is 4. The summed E-state index contributed by atoms with van der Waals surface area (Å²) in [5, 5.41) is 3.63. The van der Waals surface area contributed by atoms with E-state index in [9.17, 15) is 18.4 Å². The molecule has 0 aliphatic carbocycles. The zero-order valence-electron chi connectivity index (χ0n) is 28.8. The van der Waals surface area contributed by atoms with Gasteiger partial charge in [-0.2, -0.15) is 8.78 Å². The lowest BCUT2D eigenvalue weighted by Gasteiger charge is -2.26. The number of piperidine rings is 1. The fourth-order valence-corrected chi connectivity index (χ4v) is 7.35. The number of ether oxygens (including phenoxy) is 4. The number of rotatable bonds is 14. The third-order valence-electron chi connectivity index (χ3n) is 9.54. The fourth-order valence-electron chi connectivity index (χ4n) is 6.84. The third kappa shape index (κ3) is 9.80. The first-order valence-electron chi connectivity index (χ1n) is 17.2. The van der Waals surface area contributed by atoms with Gasteiger partial charge in [-0.05, 0) is 85.3 Å². The molecule has 3 saturated heterocycles. The summed E-state index contributed by atoms with van der Waals surface area (Å²) >= 11 is 12.8. The van der Waals surface area contributed by atoms with Gasteiger partial charge in [0.15, 0.2) is 11.5 Å². The Balaban J connectivity index is 1.21. The van der Waals surface area contributed by atoms with Gasteiger partial charge >= 0.3 is 18.6 Å². The summed E-state index contributed by atoms with van der Waals surface area (Å²) in [6.07, 6.45) is 4.45. The van der Waals surface area contributed by atoms with Gasteiger partial charge in [-0.1, -0.05) is 59.6 Å². The number of esters is 2. The highest BCUT2D eigenvalue weighted by atomic mass is 35.5. The van der Waals surface area contributed by atoms with Gasteiger partial charge < -0.3 is 18.9 Å². The van der Waals surface area contributed by atoms with Crippen molar-refractivity contribution in [2.45, 2.75) is 57.1 Å². The largest absolute Gasteiger partial charge is 0.493 e. The maximum absolute atomic E-state index is 15.1. The fraction of sp³-hybridized carbons (Fsp3) is 0.359. The maximum atomic E-state index is 15.1. The Morgan fingerprint density at radius 2 is 1.74 bits per heavy atom. The molecule has 0 spiro atoms. The molecule has 3 aliphatic rings. The number of carbonyl (C=O) groups is 2. The van der Waals surface area contributed by atoms with E-state index in [0.29, 0.717) is 29.2 Å². The minimum absolute atomic E-state index is 0.00400. The summed E-state index contributed by atoms with van der Waals surface area (Å²) < 4.78 is 63.0. The normalized spacial score (nSPS) is 19.3. The number of aromatic nitrogens is 1. The van der Waals surface area contributed by atoms with Crippen LogP contribution in [0.2, 0.25) is 10.0 Å². The molecule has 4 heterocycles. The molecule has 1 N–H and O–H groups in total. The molecule has 4 aromatic rings. The van der Waals surface area contributed by atoms with E-state index in [2.05, 4.69) is 19.9 Å². The summed E-state index contributed by atoms with van der Waals surface area (Å²) in [6, 6.07) is 15.7. The minimum Gasteiger partial charge on any atom is -0.493 e. The van der Waals surface area contributed by atoms with Gasteiger partial charge in [0.25, 0.3) is 0 Å². The summed E-state index contributed by atoms with van der Waals surface area (Å²) in [7, 11) is 1.30. The zero-order chi connectivity index (χ0) is 37.5. The first-order valence-corrected chi connectivity index (χ1v) is 17.9. The summed E-state index contributed by atoms with van der Waals surface area (Å²) in [5.41, 5.74) is 1.79. The molecular formula is C39H38Cl2F3N3O6. The van der Waals surface area contributed by atoms with Crippen molar-refractivity contribution >= 4 is 35.1 Å². The SMILES string of the molecule is COc1cc([C@H](Cc2c(Cl)cncc2Cl)OC(=O)c2cccc(CNC(C(=O)O[C@@H]3CC4CCN(CC4)C3)c3ccccc3F)c2)ccc1OC(F)F. The van der Waals surface area contributed by atoms with Crippen molar-refractivity contribution in [3.63, 3.8) is 0 Å². The standard InChI is InChI=1S/C39H38Cl2F3N3O6/c1-50-35-17-25(9-10-33(35)53-39(43)44)34(18-29-30(40)20-45-21-31(29)41)52-37(48)26-6-4-5-24(15-26)19-46-36(28-7-2-3-8-32(28)42)38(49)51-27-16-23-11-13-47(22-27)14-12-23/h2-10,15,17,20-21,23,27,34,36,39,46H,11-14,16,18-19,22H2,1H3/t27-,34+,36?/m1/s1. The summed E-state index contributed by atoms with van der Waals surface area (Å²) in [4.78, 5) is 33.7. The zero-order valence-corrected chi connectivity index (χ0v) is 30.3. The van der Waals surface area contributed by atoms with Gasteiger partial charge in [-0.15, -0.1) is 0 Å². The van der Waals surface area contributed by atoms with Crippen LogP contribution in [0.5, 0.6) is 11.5 Å². The van der Waals surface area contributed by atoms with Crippen molar-refractivity contribution in [1.29, 1.82) is 0 Å². The average molecular weight is 773 g/mol. The van der Waals surface area contributed by atoms with E-state index in [4.69, 9.17) is 37.4 Å². The van der Waals surface area contributed by atoms with Crippen molar-refractivity contribution in [2.75, 3.05) is 26.7 Å². The Labute approximate surface area is 315 Å². The molecule has 0 radical (unpaired) electrons. The molecule has 1 aromatic heterocycles. The van der Waals surface area contributed by atoms with Crippen LogP contribution in [0, 0.1) is 11.7 Å². The Morgan fingerprint density at radius 3 is 2.45 bits per heavy atom. The molecule has 0 saturated carbocycles. The number of carbonyl (C=O) groups excluding carboxylic acids is 2. The minimum atomic E-state index is -3.08. The molecule has 0 amide bonds. The van der Waals surface area contributed by atoms with Crippen molar-refractivity contribution in [3.8, 4) is 11.5 Å². The molecule has 2 bridgehead atoms. The van der Waals surface area contributed by atoms with E-state index in [-0.39, 0.29) is 51.7 Å². The van der Waals surface area contributed by atoms with E-state index in [1.54, 1.807) is 42.5 Å². The Bertz CT molecular complexity index is 1880. The van der Waals surface area contributed by atoms with Gasteiger partial charge in [0.2, 0.25) is 0 Å². The van der Waals surface area contributed by atoms with Crippen LogP contribution in [0.1, 0.15) is 64.0 Å². The highest BCUT2D eigenvalue weighted by Crippen LogP contribution is 2.36. The van der Waals surface area contributed by atoms with E-state index < -0.39 is 36.5 Å². The summed E-state index contributed by atoms with van der Waals surface area (Å²) in [6.45, 7) is -0.382. The van der Waals surface area contributed by atoms with Crippen LogP contribution >= 0.6 is 23.2 Å². The van der Waals surface area contributed by atoms with Crippen molar-refractivity contribution in [3.05, 3.63) is 123 Å². The molecule has 53 heavy (non-hydrogen) atoms. The van der Waals surface area contributed by atoms with Gasteiger partial charge in [-0.3, -0.25) is 15.2 Å². The van der Waals surface area contributed by atoms with Gasteiger partial charge in [0, 0.05) is 37.5 Å². The van der Waals surface area contributed by atoms with E-state index in [1.807, 2.05) is 0 Å². The molecule has 3 fully saturated rings. The van der Waals surface area contributed by atoms with Gasteiger partial charge in [0.05, 0.1) is 22.7 Å². The first kappa shape index (κ1) is 38.4. The van der Waals surface area contributed by atoms with Crippen LogP contribution in [-0.2, 0) is 27.2 Å². The molecule has 1 unspecified atom stereocenters. The van der Waals surface area contributed by atoms with E-state index in [0.717, 1.165) is 32.4 Å². The number of hydrogen-bond donors (Lipinski definition) is 1. The lowest BCUT2D eigenvalue weighted by molar-refractivity contribution is -0.153. The monoisotopic (exact) mass is 771 g/mol. The molecule has 3 aromatic carbocycles. The molecule has 7 rings (SSSR count). The number of hydrogen-bond acceptors (Lipinski definition) is 9. The topological polar surface area (TPSA) is 99.2 Å². The second kappa shape index (κ2) is 17.6. The molecule has 14 heteroatoms. The van der Waals surface area contributed by atoms with Crippen molar-refractivity contribution < 1.29 is 41.7 Å². The predicted octanol–water partition coefficient (Wildman–Crippen LogP) is 8.14. The second-order valence-electron chi connectivity index (χ2n) is 13.0. The average Bonchev–Trinajstić information content (AvgIpc) is 3.46. The number of pyridine rings is 1. The molecule has 3 aliphatic heterocycles. The van der Waals surface area contributed by atoms with Crippen LogP contribution in [0.3, 0.4) is 0 Å². The third-order valence-corrected chi connectivity index (χ3v) is 10.2. The van der Waals surface area contributed by atoms with Crippen molar-refractivity contribution in [1.82, 2.24) is 15.2 Å². The number of alkyl halides is 2. The number of halogens is 5. The first-order chi connectivity index (χ1) is 25.6. The van der Waals surface area contributed by atoms with Crippen LogP contribution in [0.4, 0.5) is 13.2 Å². The summed E-state index contributed by atoms with van der Waals surface area (Å²) in [5.74, 6) is -1.55. The molecule has 3 atom stereocenters. The van der Waals surface area contributed by atoms with E-state index >= 15 is 4.39 Å². The Morgan fingerprint density at radius 1 is 0.981 bits per heavy atom. The van der Waals surface area contributed by atoms with E-state index in [1.165, 1.54) is 43.8 Å². The van der Waals surface area contributed by atoms with Crippen LogP contribution in [0.25, 0.3) is 0 Å². The van der Waals surface area contributed by atoms with Crippen LogP contribution in [-0.4, -0.2) is 61.3 Å². The molecule has 9 nitrogen and oxygen atoms in total. The van der Waals surface area contributed by atoms with Crippen LogP contribution in [0.15, 0.2) is 79.1 Å². The number of methoxy groups -OCH3 is 1. The van der Waals surface area contributed by atoms with Crippen molar-refractivity contribution in [2.24, 2.45) is 5.92 Å². The van der Waals surface area contributed by atoms with Gasteiger partial charge in [0.1, 0.15) is 24.1 Å². The lowest BCUT2D eigenvalue weighted by Crippen LogP contribution is -2.37. The smallest absolute Gasteiger partial charge is 0.387 e. The Hall–Kier alpha value is -4.36. The van der Waals surface area contributed by atoms with Crippen LogP contribution < -0.4 is 14.8 Å². The quantitative estimate of drug-likeness (QED) is 0.127. The highest BCUT2D eigenvalue weighted by Gasteiger charge is 2.34. The molecular weight excluding hydrogens is 734 g/mol. The number of nitrogens with one attached hydrogen (secondary N) is 1. The predicted molar refractivity (Wildman–Crippen MR) is 192 cm³/mol. The highest BCUT2D eigenvalue weighted by molar-refractivity contribution is 6.35. The van der Waals surface area contributed by atoms with Gasteiger partial charge in [-0.25, -0.2) is 14.0 Å². The lowest BCUT2D eigenvalue weighted by atomic mass is 9.94. The second-order valence-corrected chi connectivity index (χ2v) is 13.9. The maximum Gasteiger partial charge on any atom is 0.387 e. The number of benzene rings is 3. The number of nitrogens with zero attached hydrogens (tertiary/aromatic N) is 2.